The molecule has 0 spiro atoms. The van der Waals surface area contributed by atoms with Crippen LogP contribution in [0.15, 0.2) is 42.6 Å². The van der Waals surface area contributed by atoms with E-state index in [-0.39, 0.29) is 34.6 Å². The van der Waals surface area contributed by atoms with Gasteiger partial charge in [-0.15, -0.1) is 0 Å². The molecule has 0 aliphatic rings. The van der Waals surface area contributed by atoms with Crippen LogP contribution in [0.25, 0.3) is 11.1 Å². The Labute approximate surface area is 243 Å². The number of aromatic nitrogens is 1. The van der Waals surface area contributed by atoms with Gasteiger partial charge in [0, 0.05) is 36.5 Å². The molecule has 1 heterocycles. The summed E-state index contributed by atoms with van der Waals surface area (Å²) in [6, 6.07) is 9.14. The predicted molar refractivity (Wildman–Crippen MR) is 161 cm³/mol. The zero-order chi connectivity index (χ0) is 30.4. The molecule has 0 bridgehead atoms. The van der Waals surface area contributed by atoms with Crippen LogP contribution >= 0.6 is 0 Å². The number of ketones is 1. The quantitative estimate of drug-likeness (QED) is 0.134. The lowest BCUT2D eigenvalue weighted by molar-refractivity contribution is 0.0697. The van der Waals surface area contributed by atoms with Crippen molar-refractivity contribution in [2.24, 2.45) is 7.05 Å². The Morgan fingerprint density at radius 1 is 0.756 bits per heavy atom. The Morgan fingerprint density at radius 2 is 1.27 bits per heavy atom. The molecular formula is C34H45F2NO4. The number of carboxylic acid groups (broad SMARTS) is 1. The second kappa shape index (κ2) is 17.5. The number of benzene rings is 2. The number of nitrogens with zero attached hydrogens (tertiary/aromatic N) is 1. The van der Waals surface area contributed by atoms with Gasteiger partial charge in [-0.25, -0.2) is 13.6 Å². The maximum absolute atomic E-state index is 14.9. The molecule has 0 aliphatic heterocycles. The van der Waals surface area contributed by atoms with Gasteiger partial charge in [0.05, 0.1) is 11.3 Å². The monoisotopic (exact) mass is 569 g/mol. The maximum Gasteiger partial charge on any atom is 0.337 e. The fourth-order valence-electron chi connectivity index (χ4n) is 5.09. The van der Waals surface area contributed by atoms with E-state index in [1.165, 1.54) is 63.3 Å². The molecule has 7 heteroatoms. The molecule has 0 radical (unpaired) electrons. The minimum atomic E-state index is -1.32. The third-order valence-corrected chi connectivity index (χ3v) is 7.31. The van der Waals surface area contributed by atoms with Crippen LogP contribution in [-0.4, -0.2) is 33.1 Å². The molecule has 1 aromatic heterocycles. The first-order valence-corrected chi connectivity index (χ1v) is 14.9. The Balaban J connectivity index is 0.00000287. The van der Waals surface area contributed by atoms with E-state index < -0.39 is 23.4 Å². The SMILES string of the molecule is CC.Cc1c(F)ccc(F)c1-c1c(C(=O)O)cn(C)c1C(=O)c1ccc(CCCCCCCCCCCCO)cc1. The van der Waals surface area contributed by atoms with E-state index >= 15 is 0 Å². The molecule has 3 aromatic rings. The van der Waals surface area contributed by atoms with Crippen LogP contribution < -0.4 is 0 Å². The van der Waals surface area contributed by atoms with Crippen LogP contribution in [0.1, 0.15) is 116 Å². The summed E-state index contributed by atoms with van der Waals surface area (Å²) in [5, 5.41) is 18.6. The van der Waals surface area contributed by atoms with Gasteiger partial charge in [0.15, 0.2) is 0 Å². The second-order valence-corrected chi connectivity index (χ2v) is 10.2. The first kappa shape index (κ1) is 33.9. The van der Waals surface area contributed by atoms with Crippen LogP contribution in [-0.2, 0) is 13.5 Å². The topological polar surface area (TPSA) is 79.5 Å². The molecule has 2 aromatic carbocycles. The van der Waals surface area contributed by atoms with E-state index in [1.807, 2.05) is 26.0 Å². The summed E-state index contributed by atoms with van der Waals surface area (Å²) < 4.78 is 30.6. The summed E-state index contributed by atoms with van der Waals surface area (Å²) in [6.45, 7) is 5.66. The number of carbonyl (C=O) groups is 2. The van der Waals surface area contributed by atoms with Gasteiger partial charge in [-0.2, -0.15) is 0 Å². The van der Waals surface area contributed by atoms with Gasteiger partial charge in [-0.1, -0.05) is 89.5 Å². The van der Waals surface area contributed by atoms with Crippen molar-refractivity contribution >= 4 is 11.8 Å². The normalized spacial score (nSPS) is 10.8. The number of rotatable bonds is 16. The average molecular weight is 570 g/mol. The number of carbonyl (C=O) groups excluding carboxylic acids is 1. The molecule has 0 unspecified atom stereocenters. The number of aryl methyl sites for hydroxylation is 2. The van der Waals surface area contributed by atoms with E-state index in [2.05, 4.69) is 0 Å². The van der Waals surface area contributed by atoms with Crippen LogP contribution in [0.3, 0.4) is 0 Å². The molecular weight excluding hydrogens is 524 g/mol. The number of aliphatic hydroxyl groups excluding tert-OH is 1. The molecule has 0 fully saturated rings. The lowest BCUT2D eigenvalue weighted by Gasteiger charge is -2.12. The standard InChI is InChI=1S/C32H39F2NO4.C2H6/c1-22-26(33)18-19-27(34)28(22)29-25(32(38)39)21-35(2)30(29)31(37)24-16-14-23(15-17-24)13-11-9-7-5-3-4-6-8-10-12-20-36;1-2/h14-19,21,36H,3-13,20H2,1-2H3,(H,38,39);1-2H3. The molecule has 0 aliphatic carbocycles. The average Bonchev–Trinajstić information content (AvgIpc) is 3.31. The Kier molecular flexibility index (Phi) is 14.4. The van der Waals surface area contributed by atoms with E-state index in [0.29, 0.717) is 5.56 Å². The number of aromatic carboxylic acids is 1. The van der Waals surface area contributed by atoms with E-state index in [4.69, 9.17) is 5.11 Å². The zero-order valence-electron chi connectivity index (χ0n) is 24.9. The van der Waals surface area contributed by atoms with Crippen molar-refractivity contribution in [3.63, 3.8) is 0 Å². The summed E-state index contributed by atoms with van der Waals surface area (Å²) in [5.41, 5.74) is 0.833. The first-order valence-electron chi connectivity index (χ1n) is 14.9. The van der Waals surface area contributed by atoms with Crippen molar-refractivity contribution in [3.05, 3.63) is 82.2 Å². The minimum absolute atomic E-state index is 0.00106. The zero-order valence-corrected chi connectivity index (χ0v) is 24.9. The van der Waals surface area contributed by atoms with Gasteiger partial charge < -0.3 is 14.8 Å². The van der Waals surface area contributed by atoms with Gasteiger partial charge in [-0.05, 0) is 49.4 Å². The summed E-state index contributed by atoms with van der Waals surface area (Å²) in [4.78, 5) is 25.5. The third kappa shape index (κ3) is 9.35. The van der Waals surface area contributed by atoms with Gasteiger partial charge in [-0.3, -0.25) is 4.79 Å². The van der Waals surface area contributed by atoms with Crippen LogP contribution in [0.4, 0.5) is 8.78 Å². The highest BCUT2D eigenvalue weighted by molar-refractivity contribution is 6.15. The summed E-state index contributed by atoms with van der Waals surface area (Å²) >= 11 is 0. The van der Waals surface area contributed by atoms with E-state index in [9.17, 15) is 23.5 Å². The van der Waals surface area contributed by atoms with Gasteiger partial charge in [0.25, 0.3) is 0 Å². The molecule has 0 saturated carbocycles. The number of unbranched alkanes of at least 4 members (excludes halogenated alkanes) is 9. The van der Waals surface area contributed by atoms with Crippen molar-refractivity contribution in [1.29, 1.82) is 0 Å². The molecule has 224 valence electrons. The minimum Gasteiger partial charge on any atom is -0.478 e. The number of halogens is 2. The van der Waals surface area contributed by atoms with E-state index in [1.54, 1.807) is 12.1 Å². The highest BCUT2D eigenvalue weighted by Crippen LogP contribution is 2.36. The molecule has 3 rings (SSSR count). The molecule has 5 nitrogen and oxygen atoms in total. The molecule has 0 atom stereocenters. The summed E-state index contributed by atoms with van der Waals surface area (Å²) in [5.74, 6) is -3.24. The highest BCUT2D eigenvalue weighted by Gasteiger charge is 2.29. The number of carboxylic acids is 1. The van der Waals surface area contributed by atoms with Crippen molar-refractivity contribution in [2.75, 3.05) is 6.61 Å². The largest absolute Gasteiger partial charge is 0.478 e. The lowest BCUT2D eigenvalue weighted by Crippen LogP contribution is -2.10. The van der Waals surface area contributed by atoms with Gasteiger partial charge in [0.2, 0.25) is 5.78 Å². The molecule has 41 heavy (non-hydrogen) atoms. The maximum atomic E-state index is 14.9. The van der Waals surface area contributed by atoms with Crippen molar-refractivity contribution in [2.45, 2.75) is 91.4 Å². The molecule has 0 amide bonds. The number of aliphatic hydroxyl groups is 1. The Morgan fingerprint density at radius 3 is 1.80 bits per heavy atom. The third-order valence-electron chi connectivity index (χ3n) is 7.31. The fourth-order valence-corrected chi connectivity index (χ4v) is 5.09. The second-order valence-electron chi connectivity index (χ2n) is 10.2. The van der Waals surface area contributed by atoms with Gasteiger partial charge in [0.1, 0.15) is 11.6 Å². The highest BCUT2D eigenvalue weighted by atomic mass is 19.1. The molecule has 0 saturated heterocycles. The van der Waals surface area contributed by atoms with Crippen molar-refractivity contribution in [3.8, 4) is 11.1 Å². The summed E-state index contributed by atoms with van der Waals surface area (Å²) in [7, 11) is 1.53. The number of hydrogen-bond donors (Lipinski definition) is 2. The number of hydrogen-bond acceptors (Lipinski definition) is 3. The molecule has 2 N–H and O–H groups in total. The lowest BCUT2D eigenvalue weighted by atomic mass is 9.93. The van der Waals surface area contributed by atoms with Crippen LogP contribution in [0, 0.1) is 18.6 Å². The first-order chi connectivity index (χ1) is 19.8. The van der Waals surface area contributed by atoms with Crippen LogP contribution in [0.2, 0.25) is 0 Å². The van der Waals surface area contributed by atoms with Crippen LogP contribution in [0.5, 0.6) is 0 Å². The smallest absolute Gasteiger partial charge is 0.337 e. The Hall–Kier alpha value is -3.32. The van der Waals surface area contributed by atoms with Crippen molar-refractivity contribution in [1.82, 2.24) is 4.57 Å². The fraction of sp³-hybridized carbons (Fsp3) is 0.471. The Bertz CT molecular complexity index is 1260. The van der Waals surface area contributed by atoms with Crippen molar-refractivity contribution < 1.29 is 28.6 Å². The van der Waals surface area contributed by atoms with Gasteiger partial charge >= 0.3 is 5.97 Å². The predicted octanol–water partition coefficient (Wildman–Crippen LogP) is 8.67. The van der Waals surface area contributed by atoms with E-state index in [0.717, 1.165) is 49.8 Å². The summed E-state index contributed by atoms with van der Waals surface area (Å²) in [6.07, 6.45) is 13.8.